The Morgan fingerprint density at radius 1 is 1.11 bits per heavy atom. The first-order chi connectivity index (χ1) is 13.6. The van der Waals surface area contributed by atoms with Gasteiger partial charge in [-0.05, 0) is 35.7 Å². The average molecular weight is 383 g/mol. The van der Waals surface area contributed by atoms with Crippen LogP contribution in [0.25, 0.3) is 0 Å². The molecule has 1 aliphatic rings. The smallest absolute Gasteiger partial charge is 0.317 e. The fourth-order valence-electron chi connectivity index (χ4n) is 3.28. The number of nitrogens with zero attached hydrogens (tertiary/aromatic N) is 3. The first kappa shape index (κ1) is 20.1. The summed E-state index contributed by atoms with van der Waals surface area (Å²) in [6.07, 6.45) is 1.76. The van der Waals surface area contributed by atoms with E-state index in [9.17, 15) is 4.79 Å². The number of rotatable bonds is 7. The molecule has 0 spiro atoms. The first-order valence-corrected chi connectivity index (χ1v) is 9.97. The number of amides is 2. The minimum absolute atomic E-state index is 0.0136. The summed E-state index contributed by atoms with van der Waals surface area (Å²) in [6.45, 7) is 10.0. The van der Waals surface area contributed by atoms with Gasteiger partial charge in [0, 0.05) is 45.5 Å². The Hall–Kier alpha value is -2.60. The van der Waals surface area contributed by atoms with E-state index in [2.05, 4.69) is 29.0 Å². The Morgan fingerprint density at radius 2 is 1.86 bits per heavy atom. The standard InChI is InChI=1S/C22H30N4O2/c1-18(2)16-25-11-13-26(14-12-25)22(27)24-15-19-6-8-21(9-7-19)28-17-20-5-3-4-10-23-20/h3-10,18H,11-17H2,1-2H3,(H,24,27). The fourth-order valence-corrected chi connectivity index (χ4v) is 3.28. The third-order valence-corrected chi connectivity index (χ3v) is 4.76. The Morgan fingerprint density at radius 3 is 2.50 bits per heavy atom. The molecular formula is C22H30N4O2. The second kappa shape index (κ2) is 10.1. The second-order valence-corrected chi connectivity index (χ2v) is 7.59. The first-order valence-electron chi connectivity index (χ1n) is 9.97. The van der Waals surface area contributed by atoms with Crippen molar-refractivity contribution in [3.8, 4) is 5.75 Å². The van der Waals surface area contributed by atoms with E-state index in [1.54, 1.807) is 6.20 Å². The molecule has 150 valence electrons. The molecule has 1 aliphatic heterocycles. The monoisotopic (exact) mass is 382 g/mol. The van der Waals surface area contributed by atoms with Crippen LogP contribution in [-0.4, -0.2) is 53.5 Å². The highest BCUT2D eigenvalue weighted by molar-refractivity contribution is 5.74. The highest BCUT2D eigenvalue weighted by Crippen LogP contribution is 2.14. The molecule has 0 aliphatic carbocycles. The van der Waals surface area contributed by atoms with E-state index in [4.69, 9.17) is 4.74 Å². The van der Waals surface area contributed by atoms with Crippen molar-refractivity contribution in [3.05, 3.63) is 59.9 Å². The lowest BCUT2D eigenvalue weighted by Crippen LogP contribution is -2.52. The number of hydrogen-bond acceptors (Lipinski definition) is 4. The summed E-state index contributed by atoms with van der Waals surface area (Å²) >= 11 is 0. The van der Waals surface area contributed by atoms with E-state index >= 15 is 0 Å². The third-order valence-electron chi connectivity index (χ3n) is 4.76. The molecule has 2 heterocycles. The fraction of sp³-hybridized carbons (Fsp3) is 0.455. The van der Waals surface area contributed by atoms with E-state index in [1.165, 1.54) is 0 Å². The zero-order valence-electron chi connectivity index (χ0n) is 16.8. The lowest BCUT2D eigenvalue weighted by Gasteiger charge is -2.35. The predicted octanol–water partition coefficient (Wildman–Crippen LogP) is 3.14. The molecule has 0 unspecified atom stereocenters. The van der Waals surface area contributed by atoms with Gasteiger partial charge in [-0.25, -0.2) is 4.79 Å². The molecule has 0 bridgehead atoms. The van der Waals surface area contributed by atoms with Crippen LogP contribution in [0.1, 0.15) is 25.1 Å². The molecule has 28 heavy (non-hydrogen) atoms. The van der Waals surface area contributed by atoms with Gasteiger partial charge in [0.15, 0.2) is 0 Å². The molecule has 6 nitrogen and oxygen atoms in total. The Balaban J connectivity index is 1.39. The molecular weight excluding hydrogens is 352 g/mol. The number of hydrogen-bond donors (Lipinski definition) is 1. The molecule has 2 aromatic rings. The van der Waals surface area contributed by atoms with Gasteiger partial charge in [0.1, 0.15) is 12.4 Å². The molecule has 0 saturated carbocycles. The summed E-state index contributed by atoms with van der Waals surface area (Å²) in [6, 6.07) is 13.6. The highest BCUT2D eigenvalue weighted by Gasteiger charge is 2.21. The van der Waals surface area contributed by atoms with Crippen LogP contribution in [0, 0.1) is 5.92 Å². The topological polar surface area (TPSA) is 57.7 Å². The van der Waals surface area contributed by atoms with Gasteiger partial charge < -0.3 is 15.0 Å². The molecule has 2 amide bonds. The van der Waals surface area contributed by atoms with Crippen LogP contribution < -0.4 is 10.1 Å². The number of carbonyl (C=O) groups excluding carboxylic acids is 1. The van der Waals surface area contributed by atoms with Gasteiger partial charge in [-0.15, -0.1) is 0 Å². The van der Waals surface area contributed by atoms with Gasteiger partial charge in [0.05, 0.1) is 5.69 Å². The number of aromatic nitrogens is 1. The van der Waals surface area contributed by atoms with Crippen LogP contribution in [-0.2, 0) is 13.2 Å². The van der Waals surface area contributed by atoms with Gasteiger partial charge in [0.25, 0.3) is 0 Å². The summed E-state index contributed by atoms with van der Waals surface area (Å²) < 4.78 is 5.74. The van der Waals surface area contributed by atoms with Crippen LogP contribution in [0.5, 0.6) is 5.75 Å². The van der Waals surface area contributed by atoms with Crippen molar-refractivity contribution in [1.82, 2.24) is 20.1 Å². The zero-order valence-corrected chi connectivity index (χ0v) is 16.8. The molecule has 1 saturated heterocycles. The Bertz CT molecular complexity index is 726. The summed E-state index contributed by atoms with van der Waals surface area (Å²) in [4.78, 5) is 21.0. The summed E-state index contributed by atoms with van der Waals surface area (Å²) in [5, 5.41) is 3.02. The summed E-state index contributed by atoms with van der Waals surface area (Å²) in [5.74, 6) is 1.46. The molecule has 1 aromatic carbocycles. The predicted molar refractivity (Wildman–Crippen MR) is 110 cm³/mol. The van der Waals surface area contributed by atoms with Crippen LogP contribution >= 0.6 is 0 Å². The third kappa shape index (κ3) is 6.23. The molecule has 1 N–H and O–H groups in total. The number of ether oxygens (including phenoxy) is 1. The van der Waals surface area contributed by atoms with Crippen molar-refractivity contribution in [2.24, 2.45) is 5.92 Å². The van der Waals surface area contributed by atoms with Gasteiger partial charge in [-0.1, -0.05) is 32.0 Å². The van der Waals surface area contributed by atoms with E-state index in [-0.39, 0.29) is 6.03 Å². The molecule has 0 radical (unpaired) electrons. The van der Waals surface area contributed by atoms with Crippen molar-refractivity contribution in [2.75, 3.05) is 32.7 Å². The van der Waals surface area contributed by atoms with E-state index < -0.39 is 0 Å². The number of benzene rings is 1. The zero-order chi connectivity index (χ0) is 19.8. The molecule has 6 heteroatoms. The second-order valence-electron chi connectivity index (χ2n) is 7.59. The maximum atomic E-state index is 12.4. The van der Waals surface area contributed by atoms with Crippen LogP contribution in [0.3, 0.4) is 0 Å². The van der Waals surface area contributed by atoms with Gasteiger partial charge >= 0.3 is 6.03 Å². The van der Waals surface area contributed by atoms with Crippen molar-refractivity contribution >= 4 is 6.03 Å². The number of carbonyl (C=O) groups is 1. The van der Waals surface area contributed by atoms with Gasteiger partial charge in [0.2, 0.25) is 0 Å². The van der Waals surface area contributed by atoms with Crippen LogP contribution in [0.2, 0.25) is 0 Å². The molecule has 1 fully saturated rings. The van der Waals surface area contributed by atoms with Crippen molar-refractivity contribution in [1.29, 1.82) is 0 Å². The largest absolute Gasteiger partial charge is 0.487 e. The minimum atomic E-state index is 0.0136. The normalized spacial score (nSPS) is 14.9. The SMILES string of the molecule is CC(C)CN1CCN(C(=O)NCc2ccc(OCc3ccccn3)cc2)CC1. The lowest BCUT2D eigenvalue weighted by molar-refractivity contribution is 0.131. The maximum Gasteiger partial charge on any atom is 0.317 e. The maximum absolute atomic E-state index is 12.4. The minimum Gasteiger partial charge on any atom is -0.487 e. The number of piperazine rings is 1. The van der Waals surface area contributed by atoms with E-state index in [0.717, 1.165) is 49.7 Å². The van der Waals surface area contributed by atoms with E-state index in [0.29, 0.717) is 19.1 Å². The van der Waals surface area contributed by atoms with Crippen LogP contribution in [0.4, 0.5) is 4.79 Å². The molecule has 1 aromatic heterocycles. The molecule has 3 rings (SSSR count). The number of urea groups is 1. The van der Waals surface area contributed by atoms with Crippen molar-refractivity contribution in [3.63, 3.8) is 0 Å². The lowest BCUT2D eigenvalue weighted by atomic mass is 10.2. The van der Waals surface area contributed by atoms with Crippen molar-refractivity contribution in [2.45, 2.75) is 27.0 Å². The van der Waals surface area contributed by atoms with Crippen molar-refractivity contribution < 1.29 is 9.53 Å². The van der Waals surface area contributed by atoms with Crippen LogP contribution in [0.15, 0.2) is 48.7 Å². The molecule has 0 atom stereocenters. The number of pyridine rings is 1. The highest BCUT2D eigenvalue weighted by atomic mass is 16.5. The van der Waals surface area contributed by atoms with Gasteiger partial charge in [-0.2, -0.15) is 0 Å². The Kier molecular flexibility index (Phi) is 7.25. The quantitative estimate of drug-likeness (QED) is 0.799. The summed E-state index contributed by atoms with van der Waals surface area (Å²) in [5.41, 5.74) is 1.95. The summed E-state index contributed by atoms with van der Waals surface area (Å²) in [7, 11) is 0. The Labute approximate surface area is 167 Å². The van der Waals surface area contributed by atoms with E-state index in [1.807, 2.05) is 47.4 Å². The van der Waals surface area contributed by atoms with Gasteiger partial charge in [-0.3, -0.25) is 9.88 Å². The number of nitrogens with one attached hydrogen (secondary N) is 1. The average Bonchev–Trinajstić information content (AvgIpc) is 2.72.